The number of halogens is 5. The number of hydrogen-bond acceptors (Lipinski definition) is 4. The lowest BCUT2D eigenvalue weighted by atomic mass is 10.1. The smallest absolute Gasteiger partial charge is 0.352 e. The van der Waals surface area contributed by atoms with Crippen molar-refractivity contribution in [1.82, 2.24) is 10.2 Å². The number of amides is 2. The maximum Gasteiger partial charge on any atom is 0.416 e. The molecular weight excluding hydrogens is 566 g/mol. The van der Waals surface area contributed by atoms with Crippen LogP contribution < -0.4 is 9.62 Å². The van der Waals surface area contributed by atoms with Crippen LogP contribution in [0.15, 0.2) is 42.5 Å². The second-order valence-electron chi connectivity index (χ2n) is 8.79. The molecule has 2 amide bonds. The van der Waals surface area contributed by atoms with Crippen molar-refractivity contribution in [2.24, 2.45) is 0 Å². The number of anilines is 1. The number of rotatable bonds is 11. The number of sulfonamides is 1. The van der Waals surface area contributed by atoms with Gasteiger partial charge >= 0.3 is 6.18 Å². The predicted molar refractivity (Wildman–Crippen MR) is 143 cm³/mol. The summed E-state index contributed by atoms with van der Waals surface area (Å²) in [5, 5.41) is 2.85. The highest BCUT2D eigenvalue weighted by Gasteiger charge is 2.35. The third kappa shape index (κ3) is 8.25. The number of nitrogens with zero attached hydrogens (tertiary/aromatic N) is 2. The van der Waals surface area contributed by atoms with Gasteiger partial charge in [0.1, 0.15) is 12.6 Å². The fourth-order valence-electron chi connectivity index (χ4n) is 3.65. The highest BCUT2D eigenvalue weighted by atomic mass is 35.5. The van der Waals surface area contributed by atoms with Crippen LogP contribution in [0.4, 0.5) is 18.9 Å². The van der Waals surface area contributed by atoms with Crippen molar-refractivity contribution in [2.75, 3.05) is 17.1 Å². The normalized spacial score (nSPS) is 13.5. The molecule has 0 unspecified atom stereocenters. The number of alkyl halides is 3. The van der Waals surface area contributed by atoms with Gasteiger partial charge in [0, 0.05) is 17.6 Å². The Morgan fingerprint density at radius 3 is 2.18 bits per heavy atom. The Morgan fingerprint density at radius 1 is 1.03 bits per heavy atom. The van der Waals surface area contributed by atoms with Crippen molar-refractivity contribution in [3.63, 3.8) is 0 Å². The van der Waals surface area contributed by atoms with Gasteiger partial charge in [-0.2, -0.15) is 13.2 Å². The number of carbonyl (C=O) groups is 2. The Morgan fingerprint density at radius 2 is 1.66 bits per heavy atom. The third-order valence-corrected chi connectivity index (χ3v) is 7.72. The minimum Gasteiger partial charge on any atom is -0.352 e. The van der Waals surface area contributed by atoms with E-state index in [0.717, 1.165) is 12.3 Å². The molecule has 0 fully saturated rings. The summed E-state index contributed by atoms with van der Waals surface area (Å²) in [5.74, 6) is -1.28. The van der Waals surface area contributed by atoms with Gasteiger partial charge in [-0.05, 0) is 49.6 Å². The highest BCUT2D eigenvalue weighted by Crippen LogP contribution is 2.36. The average Bonchev–Trinajstić information content (AvgIpc) is 2.82. The minimum atomic E-state index is -4.77. The van der Waals surface area contributed by atoms with Crippen LogP contribution in [0.2, 0.25) is 10.0 Å². The van der Waals surface area contributed by atoms with E-state index < -0.39 is 51.9 Å². The van der Waals surface area contributed by atoms with Gasteiger partial charge in [-0.25, -0.2) is 8.42 Å². The molecule has 2 atom stereocenters. The van der Waals surface area contributed by atoms with Crippen molar-refractivity contribution < 1.29 is 31.2 Å². The van der Waals surface area contributed by atoms with Gasteiger partial charge in [0.25, 0.3) is 0 Å². The van der Waals surface area contributed by atoms with E-state index in [0.29, 0.717) is 33.4 Å². The van der Waals surface area contributed by atoms with Crippen molar-refractivity contribution in [1.29, 1.82) is 0 Å². The molecule has 0 heterocycles. The molecule has 210 valence electrons. The summed E-state index contributed by atoms with van der Waals surface area (Å²) in [7, 11) is -4.28. The lowest BCUT2D eigenvalue weighted by Gasteiger charge is -2.33. The Bertz CT molecular complexity index is 1260. The largest absolute Gasteiger partial charge is 0.416 e. The predicted octanol–water partition coefficient (Wildman–Crippen LogP) is 5.50. The van der Waals surface area contributed by atoms with Gasteiger partial charge in [0.2, 0.25) is 21.8 Å². The summed E-state index contributed by atoms with van der Waals surface area (Å²) < 4.78 is 66.0. The summed E-state index contributed by atoms with van der Waals surface area (Å²) in [6.07, 6.45) is -3.20. The third-order valence-electron chi connectivity index (χ3n) is 5.91. The van der Waals surface area contributed by atoms with E-state index in [9.17, 15) is 31.2 Å². The van der Waals surface area contributed by atoms with Gasteiger partial charge in [0.15, 0.2) is 0 Å². The second kappa shape index (κ2) is 13.0. The maximum absolute atomic E-state index is 13.7. The highest BCUT2D eigenvalue weighted by molar-refractivity contribution is 7.92. The van der Waals surface area contributed by atoms with Crippen LogP contribution in [0.5, 0.6) is 0 Å². The summed E-state index contributed by atoms with van der Waals surface area (Å²) in [6.45, 7) is 4.33. The van der Waals surface area contributed by atoms with Crippen molar-refractivity contribution in [2.45, 2.75) is 58.4 Å². The van der Waals surface area contributed by atoms with E-state index in [1.807, 2.05) is 6.92 Å². The molecule has 38 heavy (non-hydrogen) atoms. The van der Waals surface area contributed by atoms with E-state index in [1.54, 1.807) is 38.1 Å². The molecule has 0 bridgehead atoms. The number of benzene rings is 2. The van der Waals surface area contributed by atoms with Gasteiger partial charge in [-0.3, -0.25) is 13.9 Å². The van der Waals surface area contributed by atoms with E-state index in [-0.39, 0.29) is 24.0 Å². The van der Waals surface area contributed by atoms with Crippen LogP contribution in [-0.4, -0.2) is 50.0 Å². The quantitative estimate of drug-likeness (QED) is 0.371. The lowest BCUT2D eigenvalue weighted by molar-refractivity contribution is -0.140. The molecule has 2 aromatic rings. The van der Waals surface area contributed by atoms with Crippen LogP contribution in [0.3, 0.4) is 0 Å². The van der Waals surface area contributed by atoms with Crippen LogP contribution in [0.1, 0.15) is 44.7 Å². The van der Waals surface area contributed by atoms with Crippen LogP contribution >= 0.6 is 23.2 Å². The molecule has 0 aromatic heterocycles. The summed E-state index contributed by atoms with van der Waals surface area (Å²) in [6, 6.07) is 7.63. The Balaban J connectivity index is 2.56. The molecular formula is C25H30Cl2F3N3O4S. The molecule has 0 saturated carbocycles. The average molecular weight is 596 g/mol. The van der Waals surface area contributed by atoms with Crippen molar-refractivity contribution in [3.8, 4) is 0 Å². The Labute approximate surface area is 230 Å². The molecule has 0 spiro atoms. The fraction of sp³-hybridized carbons (Fsp3) is 0.440. The van der Waals surface area contributed by atoms with Gasteiger partial charge in [-0.15, -0.1) is 0 Å². The number of hydrogen-bond donors (Lipinski definition) is 1. The first-order chi connectivity index (χ1) is 17.6. The van der Waals surface area contributed by atoms with Crippen LogP contribution in [0.25, 0.3) is 0 Å². The molecule has 0 aliphatic carbocycles. The number of carbonyl (C=O) groups excluding carboxylic acids is 2. The zero-order valence-corrected chi connectivity index (χ0v) is 23.7. The van der Waals surface area contributed by atoms with E-state index in [2.05, 4.69) is 5.32 Å². The maximum atomic E-state index is 13.7. The standard InChI is InChI=1S/C25H30Cl2F3N3O4S/c1-5-16(3)31-24(35)21(6-2)32(14-17-9-7-8-10-19(17)26)23(34)15-33(38(4,36)37)22-13-18(25(28,29)30)11-12-20(22)27/h7-13,16,21H,5-6,14-15H2,1-4H3,(H,31,35)/t16-,21+/m1/s1. The lowest BCUT2D eigenvalue weighted by Crippen LogP contribution is -2.53. The molecule has 0 radical (unpaired) electrons. The monoisotopic (exact) mass is 595 g/mol. The topological polar surface area (TPSA) is 86.8 Å². The Hall–Kier alpha value is -2.50. The summed E-state index contributed by atoms with van der Waals surface area (Å²) in [5.41, 5.74) is -1.14. The molecule has 13 heteroatoms. The molecule has 1 N–H and O–H groups in total. The molecule has 0 aliphatic rings. The van der Waals surface area contributed by atoms with E-state index >= 15 is 0 Å². The van der Waals surface area contributed by atoms with Crippen LogP contribution in [-0.2, 0) is 32.3 Å². The fourth-order valence-corrected chi connectivity index (χ4v) is 4.96. The molecule has 7 nitrogen and oxygen atoms in total. The summed E-state index contributed by atoms with van der Waals surface area (Å²) >= 11 is 12.4. The zero-order chi connectivity index (χ0) is 28.8. The molecule has 0 saturated heterocycles. The Kier molecular flexibility index (Phi) is 10.9. The molecule has 0 aliphatic heterocycles. The first kappa shape index (κ1) is 31.7. The zero-order valence-electron chi connectivity index (χ0n) is 21.4. The van der Waals surface area contributed by atoms with Gasteiger partial charge in [-0.1, -0.05) is 55.2 Å². The van der Waals surface area contributed by atoms with Crippen molar-refractivity contribution in [3.05, 3.63) is 63.6 Å². The summed E-state index contributed by atoms with van der Waals surface area (Å²) in [4.78, 5) is 28.0. The van der Waals surface area contributed by atoms with Gasteiger partial charge in [0.05, 0.1) is 22.5 Å². The first-order valence-corrected chi connectivity index (χ1v) is 14.4. The molecule has 2 rings (SSSR count). The molecule has 2 aromatic carbocycles. The number of nitrogens with one attached hydrogen (secondary N) is 1. The SMILES string of the molecule is CC[C@@H](C)NC(=O)[C@H](CC)N(Cc1ccccc1Cl)C(=O)CN(c1cc(C(F)(F)F)ccc1Cl)S(C)(=O)=O. The minimum absolute atomic E-state index is 0.140. The van der Waals surface area contributed by atoms with Gasteiger partial charge < -0.3 is 10.2 Å². The van der Waals surface area contributed by atoms with E-state index in [4.69, 9.17) is 23.2 Å². The first-order valence-electron chi connectivity index (χ1n) is 11.8. The van der Waals surface area contributed by atoms with E-state index in [1.165, 1.54) is 4.90 Å². The van der Waals surface area contributed by atoms with Crippen molar-refractivity contribution >= 4 is 50.7 Å². The van der Waals surface area contributed by atoms with Crippen LogP contribution in [0, 0.1) is 0 Å². The second-order valence-corrected chi connectivity index (χ2v) is 11.5.